The molecule has 2 heterocycles. The maximum absolute atomic E-state index is 12.0. The van der Waals surface area contributed by atoms with Gasteiger partial charge in [-0.2, -0.15) is 0 Å². The molecule has 1 aromatic rings. The van der Waals surface area contributed by atoms with Crippen LogP contribution in [0, 0.1) is 0 Å². The number of likely N-dealkylation sites (tertiary alicyclic amines) is 1. The maximum Gasteiger partial charge on any atom is 0.227 e. The minimum Gasteiger partial charge on any atom is -0.381 e. The first-order chi connectivity index (χ1) is 9.74. The van der Waals surface area contributed by atoms with E-state index in [1.54, 1.807) is 0 Å². The van der Waals surface area contributed by atoms with Crippen LogP contribution in [0.3, 0.4) is 0 Å². The predicted octanol–water partition coefficient (Wildman–Crippen LogP) is 2.32. The Kier molecular flexibility index (Phi) is 3.92. The zero-order chi connectivity index (χ0) is 13.9. The monoisotopic (exact) mass is 273 g/mol. The fraction of sp³-hybridized carbons (Fsp3) is 0.562. The van der Waals surface area contributed by atoms with Gasteiger partial charge in [-0.25, -0.2) is 0 Å². The smallest absolute Gasteiger partial charge is 0.227 e. The molecule has 1 N–H and O–H groups in total. The highest BCUT2D eigenvalue weighted by Gasteiger charge is 2.25. The van der Waals surface area contributed by atoms with Gasteiger partial charge in [0.25, 0.3) is 0 Å². The number of carbonyl (C=O) groups excluding carboxylic acids is 1. The molecule has 2 aliphatic heterocycles. The Hall–Kier alpha value is -1.55. The molecule has 1 aromatic carbocycles. The van der Waals surface area contributed by atoms with E-state index in [0.29, 0.717) is 12.5 Å². The van der Waals surface area contributed by atoms with Gasteiger partial charge in [-0.05, 0) is 51.5 Å². The molecule has 2 saturated heterocycles. The van der Waals surface area contributed by atoms with Crippen LogP contribution in [0.4, 0.5) is 11.4 Å². The highest BCUT2D eigenvalue weighted by molar-refractivity contribution is 5.98. The van der Waals surface area contributed by atoms with Crippen molar-refractivity contribution in [3.8, 4) is 0 Å². The minimum absolute atomic E-state index is 0.252. The topological polar surface area (TPSA) is 35.6 Å². The lowest BCUT2D eigenvalue weighted by atomic mass is 10.0. The molecule has 0 atom stereocenters. The van der Waals surface area contributed by atoms with Gasteiger partial charge in [0.15, 0.2) is 0 Å². The molecular weight excluding hydrogens is 250 g/mol. The van der Waals surface area contributed by atoms with Crippen molar-refractivity contribution in [2.45, 2.75) is 31.7 Å². The molecule has 0 bridgehead atoms. The van der Waals surface area contributed by atoms with Crippen molar-refractivity contribution in [2.75, 3.05) is 36.9 Å². The zero-order valence-corrected chi connectivity index (χ0v) is 12.1. The van der Waals surface area contributed by atoms with Gasteiger partial charge in [0.2, 0.25) is 5.91 Å². The summed E-state index contributed by atoms with van der Waals surface area (Å²) in [4.78, 5) is 16.3. The molecule has 2 fully saturated rings. The van der Waals surface area contributed by atoms with Crippen LogP contribution in [0.5, 0.6) is 0 Å². The van der Waals surface area contributed by atoms with E-state index in [-0.39, 0.29) is 5.91 Å². The van der Waals surface area contributed by atoms with Gasteiger partial charge in [0.1, 0.15) is 0 Å². The number of para-hydroxylation sites is 2. The second-order valence-electron chi connectivity index (χ2n) is 5.89. The van der Waals surface area contributed by atoms with E-state index >= 15 is 0 Å². The van der Waals surface area contributed by atoms with Crippen molar-refractivity contribution < 1.29 is 4.79 Å². The first kappa shape index (κ1) is 13.4. The van der Waals surface area contributed by atoms with Crippen molar-refractivity contribution in [2.24, 2.45) is 0 Å². The molecule has 20 heavy (non-hydrogen) atoms. The summed E-state index contributed by atoms with van der Waals surface area (Å²) in [6.45, 7) is 3.13. The largest absolute Gasteiger partial charge is 0.381 e. The second kappa shape index (κ2) is 5.83. The highest BCUT2D eigenvalue weighted by atomic mass is 16.2. The van der Waals surface area contributed by atoms with Crippen LogP contribution in [0.25, 0.3) is 0 Å². The molecule has 4 heteroatoms. The number of nitrogens with one attached hydrogen (secondary N) is 1. The Balaban J connectivity index is 1.74. The molecule has 108 valence electrons. The molecular formula is C16H23N3O. The fourth-order valence-electron chi connectivity index (χ4n) is 3.11. The molecule has 0 aromatic heterocycles. The summed E-state index contributed by atoms with van der Waals surface area (Å²) in [5.74, 6) is 0.252. The third-order valence-corrected chi connectivity index (χ3v) is 4.35. The van der Waals surface area contributed by atoms with Crippen molar-refractivity contribution in [3.05, 3.63) is 24.3 Å². The van der Waals surface area contributed by atoms with Gasteiger partial charge in [-0.1, -0.05) is 12.1 Å². The van der Waals surface area contributed by atoms with E-state index in [2.05, 4.69) is 29.4 Å². The number of piperidine rings is 1. The lowest BCUT2D eigenvalue weighted by Crippen LogP contribution is -2.37. The van der Waals surface area contributed by atoms with Crippen LogP contribution in [-0.2, 0) is 4.79 Å². The number of nitrogens with zero attached hydrogens (tertiary/aromatic N) is 2. The zero-order valence-electron chi connectivity index (χ0n) is 12.1. The van der Waals surface area contributed by atoms with E-state index in [4.69, 9.17) is 0 Å². The number of hydrogen-bond donors (Lipinski definition) is 1. The van der Waals surface area contributed by atoms with Gasteiger partial charge in [0.05, 0.1) is 11.4 Å². The van der Waals surface area contributed by atoms with Crippen molar-refractivity contribution >= 4 is 17.3 Å². The number of anilines is 2. The first-order valence-corrected chi connectivity index (χ1v) is 7.58. The van der Waals surface area contributed by atoms with Crippen LogP contribution in [-0.4, -0.2) is 43.5 Å². The van der Waals surface area contributed by atoms with Crippen molar-refractivity contribution in [1.82, 2.24) is 4.90 Å². The molecule has 0 radical (unpaired) electrons. The Morgan fingerprint density at radius 3 is 2.60 bits per heavy atom. The van der Waals surface area contributed by atoms with E-state index in [9.17, 15) is 4.79 Å². The van der Waals surface area contributed by atoms with Crippen LogP contribution in [0.15, 0.2) is 24.3 Å². The summed E-state index contributed by atoms with van der Waals surface area (Å²) in [6, 6.07) is 8.73. The van der Waals surface area contributed by atoms with E-state index < -0.39 is 0 Å². The summed E-state index contributed by atoms with van der Waals surface area (Å²) >= 11 is 0. The van der Waals surface area contributed by atoms with Crippen LogP contribution in [0.1, 0.15) is 25.7 Å². The number of rotatable bonds is 3. The molecule has 4 nitrogen and oxygen atoms in total. The Morgan fingerprint density at radius 1 is 1.15 bits per heavy atom. The van der Waals surface area contributed by atoms with Gasteiger partial charge >= 0.3 is 0 Å². The fourth-order valence-corrected chi connectivity index (χ4v) is 3.11. The maximum atomic E-state index is 12.0. The van der Waals surface area contributed by atoms with Gasteiger partial charge < -0.3 is 15.1 Å². The molecule has 0 spiro atoms. The Morgan fingerprint density at radius 2 is 1.90 bits per heavy atom. The number of benzene rings is 1. The van der Waals surface area contributed by atoms with Gasteiger partial charge in [-0.3, -0.25) is 4.79 Å². The second-order valence-corrected chi connectivity index (χ2v) is 5.89. The SMILES string of the molecule is CN1CCC(Nc2ccccc2N2CCCC2=O)CC1. The van der Waals surface area contributed by atoms with Crippen LogP contribution < -0.4 is 10.2 Å². The first-order valence-electron chi connectivity index (χ1n) is 7.58. The molecule has 3 rings (SSSR count). The Bertz CT molecular complexity index is 480. The average molecular weight is 273 g/mol. The Labute approximate surface area is 120 Å². The predicted molar refractivity (Wildman–Crippen MR) is 82.2 cm³/mol. The van der Waals surface area contributed by atoms with Gasteiger partial charge in [0, 0.05) is 19.0 Å². The summed E-state index contributed by atoms with van der Waals surface area (Å²) in [6.07, 6.45) is 3.99. The van der Waals surface area contributed by atoms with Crippen molar-refractivity contribution in [3.63, 3.8) is 0 Å². The quantitative estimate of drug-likeness (QED) is 0.918. The summed E-state index contributed by atoms with van der Waals surface area (Å²) in [5, 5.41) is 3.65. The van der Waals surface area contributed by atoms with E-state index in [1.165, 1.54) is 12.8 Å². The highest BCUT2D eigenvalue weighted by Crippen LogP contribution is 2.30. The standard InChI is InChI=1S/C16H23N3O/c1-18-11-8-13(9-12-18)17-14-5-2-3-6-15(14)19-10-4-7-16(19)20/h2-3,5-6,13,17H,4,7-12H2,1H3. The normalized spacial score (nSPS) is 21.4. The van der Waals surface area contributed by atoms with Gasteiger partial charge in [-0.15, -0.1) is 0 Å². The molecule has 0 saturated carbocycles. The van der Waals surface area contributed by atoms with Crippen molar-refractivity contribution in [1.29, 1.82) is 0 Å². The third kappa shape index (κ3) is 2.80. The molecule has 2 aliphatic rings. The summed E-state index contributed by atoms with van der Waals surface area (Å²) < 4.78 is 0. The molecule has 0 unspecified atom stereocenters. The van der Waals surface area contributed by atoms with Crippen LogP contribution >= 0.6 is 0 Å². The molecule has 1 amide bonds. The summed E-state index contributed by atoms with van der Waals surface area (Å²) in [7, 11) is 2.17. The lowest BCUT2D eigenvalue weighted by molar-refractivity contribution is -0.117. The number of amides is 1. The number of hydrogen-bond acceptors (Lipinski definition) is 3. The van der Waals surface area contributed by atoms with E-state index in [1.807, 2.05) is 17.0 Å². The third-order valence-electron chi connectivity index (χ3n) is 4.35. The number of carbonyl (C=O) groups is 1. The average Bonchev–Trinajstić information content (AvgIpc) is 2.88. The van der Waals surface area contributed by atoms with E-state index in [0.717, 1.165) is 37.4 Å². The molecule has 0 aliphatic carbocycles. The lowest BCUT2D eigenvalue weighted by Gasteiger charge is -2.31. The minimum atomic E-state index is 0.252. The summed E-state index contributed by atoms with van der Waals surface area (Å²) in [5.41, 5.74) is 2.16. The van der Waals surface area contributed by atoms with Crippen LogP contribution in [0.2, 0.25) is 0 Å².